The summed E-state index contributed by atoms with van der Waals surface area (Å²) in [5, 5.41) is 3.80. The molecule has 0 spiro atoms. The van der Waals surface area contributed by atoms with Crippen LogP contribution in [-0.2, 0) is 16.4 Å². The highest BCUT2D eigenvalue weighted by atomic mass is 32.2. The molecule has 10 heteroatoms. The van der Waals surface area contributed by atoms with E-state index in [2.05, 4.69) is 15.3 Å². The van der Waals surface area contributed by atoms with Gasteiger partial charge in [-0.05, 0) is 24.8 Å². The average molecular weight is 356 g/mol. The number of aryl methyl sites for hydroxylation is 1. The summed E-state index contributed by atoms with van der Waals surface area (Å²) in [7, 11) is -3.94. The second-order valence-corrected chi connectivity index (χ2v) is 7.58. The lowest BCUT2D eigenvalue weighted by Gasteiger charge is -2.09. The number of H-pyrrole nitrogens is 1. The van der Waals surface area contributed by atoms with Crippen LogP contribution in [0.5, 0.6) is 0 Å². The second kappa shape index (κ2) is 6.92. The van der Waals surface area contributed by atoms with Gasteiger partial charge in [0.05, 0.1) is 0 Å². The Morgan fingerprint density at radius 2 is 2.17 bits per heavy atom. The maximum absolute atomic E-state index is 11.9. The minimum atomic E-state index is -3.94. The molecule has 0 radical (unpaired) electrons. The number of rotatable bonds is 5. The van der Waals surface area contributed by atoms with Crippen molar-refractivity contribution in [1.29, 1.82) is 0 Å². The molecule has 2 heterocycles. The van der Waals surface area contributed by atoms with Gasteiger partial charge in [0.25, 0.3) is 15.6 Å². The second-order valence-electron chi connectivity index (χ2n) is 4.72. The molecule has 2 aromatic rings. The molecule has 0 aromatic carbocycles. The summed E-state index contributed by atoms with van der Waals surface area (Å²) in [6.07, 6.45) is 1.37. The molecule has 3 N–H and O–H groups in total. The van der Waals surface area contributed by atoms with Crippen molar-refractivity contribution in [2.24, 2.45) is 0 Å². The molecule has 2 amide bonds. The van der Waals surface area contributed by atoms with Gasteiger partial charge >= 0.3 is 6.03 Å². The van der Waals surface area contributed by atoms with Crippen LogP contribution in [0.15, 0.2) is 26.5 Å². The predicted molar refractivity (Wildman–Crippen MR) is 87.2 cm³/mol. The van der Waals surface area contributed by atoms with Crippen LogP contribution in [0.3, 0.4) is 0 Å². The molecule has 0 aliphatic heterocycles. The van der Waals surface area contributed by atoms with Gasteiger partial charge in [-0.25, -0.2) is 22.9 Å². The van der Waals surface area contributed by atoms with E-state index in [0.717, 1.165) is 17.8 Å². The van der Waals surface area contributed by atoms with Gasteiger partial charge in [-0.15, -0.1) is 11.3 Å². The van der Waals surface area contributed by atoms with Gasteiger partial charge in [-0.1, -0.05) is 19.4 Å². The minimum Gasteiger partial charge on any atom is -0.292 e. The Morgan fingerprint density at radius 3 is 2.74 bits per heavy atom. The minimum absolute atomic E-state index is 0.0172. The van der Waals surface area contributed by atoms with E-state index >= 15 is 0 Å². The lowest BCUT2D eigenvalue weighted by atomic mass is 10.1. The number of nitrogens with zero attached hydrogens (tertiary/aromatic N) is 1. The molecule has 8 nitrogen and oxygen atoms in total. The number of hydrogen-bond donors (Lipinski definition) is 3. The van der Waals surface area contributed by atoms with E-state index in [-0.39, 0.29) is 15.7 Å². The van der Waals surface area contributed by atoms with Crippen molar-refractivity contribution in [3.05, 3.63) is 39.1 Å². The molecule has 0 bridgehead atoms. The highest BCUT2D eigenvalue weighted by molar-refractivity contribution is 7.92. The summed E-state index contributed by atoms with van der Waals surface area (Å²) in [6, 6.07) is 1.94. The maximum Gasteiger partial charge on any atom is 0.335 e. The number of amides is 2. The summed E-state index contributed by atoms with van der Waals surface area (Å²) in [5.41, 5.74) is 0.687. The van der Waals surface area contributed by atoms with Crippen LogP contribution in [-0.4, -0.2) is 24.4 Å². The van der Waals surface area contributed by atoms with Crippen molar-refractivity contribution in [2.75, 3.05) is 5.32 Å². The topological polar surface area (TPSA) is 121 Å². The Bertz CT molecular complexity index is 857. The fourth-order valence-electron chi connectivity index (χ4n) is 1.94. The number of aromatic amines is 1. The number of urea groups is 1. The summed E-state index contributed by atoms with van der Waals surface area (Å²) < 4.78 is 25.7. The monoisotopic (exact) mass is 356 g/mol. The number of thiophene rings is 1. The molecule has 0 aliphatic rings. The molecule has 0 unspecified atom stereocenters. The van der Waals surface area contributed by atoms with Gasteiger partial charge in [0, 0.05) is 11.3 Å². The molecular formula is C13H16N4O4S2. The summed E-state index contributed by atoms with van der Waals surface area (Å²) in [5.74, 6) is -0.105. The highest BCUT2D eigenvalue weighted by Crippen LogP contribution is 2.15. The standard InChI is InChI=1S/C13H16N4O4S2/c1-3-5-9-8(2)14-12(15-11(9)18)16-13(19)17-23(20,21)10-6-4-7-22-10/h4,6-7H,3,5H2,1-2H3,(H3,14,15,16,17,18,19). The molecular weight excluding hydrogens is 340 g/mol. The van der Waals surface area contributed by atoms with Gasteiger partial charge in [-0.2, -0.15) is 0 Å². The molecule has 2 rings (SSSR count). The Hall–Kier alpha value is -2.20. The third kappa shape index (κ3) is 4.17. The number of hydrogen-bond acceptors (Lipinski definition) is 6. The predicted octanol–water partition coefficient (Wildman–Crippen LogP) is 1.60. The van der Waals surface area contributed by atoms with Crippen molar-refractivity contribution in [3.63, 3.8) is 0 Å². The van der Waals surface area contributed by atoms with Crippen molar-refractivity contribution >= 4 is 33.3 Å². The van der Waals surface area contributed by atoms with Crippen LogP contribution in [0.4, 0.5) is 10.7 Å². The van der Waals surface area contributed by atoms with E-state index in [1.54, 1.807) is 18.4 Å². The largest absolute Gasteiger partial charge is 0.335 e. The molecule has 2 aromatic heterocycles. The zero-order valence-corrected chi connectivity index (χ0v) is 14.2. The molecule has 0 saturated carbocycles. The third-order valence-corrected chi connectivity index (χ3v) is 5.67. The van der Waals surface area contributed by atoms with Crippen molar-refractivity contribution in [1.82, 2.24) is 14.7 Å². The van der Waals surface area contributed by atoms with Crippen molar-refractivity contribution in [3.8, 4) is 0 Å². The first-order chi connectivity index (χ1) is 10.8. The highest BCUT2D eigenvalue weighted by Gasteiger charge is 2.19. The van der Waals surface area contributed by atoms with E-state index in [4.69, 9.17) is 0 Å². The first-order valence-corrected chi connectivity index (χ1v) is 9.17. The Kier molecular flexibility index (Phi) is 5.16. The lowest BCUT2D eigenvalue weighted by molar-refractivity contribution is 0.256. The smallest absolute Gasteiger partial charge is 0.292 e. The van der Waals surface area contributed by atoms with Crippen LogP contribution in [0.25, 0.3) is 0 Å². The normalized spacial score (nSPS) is 11.2. The van der Waals surface area contributed by atoms with Crippen LogP contribution < -0.4 is 15.6 Å². The van der Waals surface area contributed by atoms with Crippen molar-refractivity contribution < 1.29 is 13.2 Å². The fourth-order valence-corrected chi connectivity index (χ4v) is 3.84. The number of sulfonamides is 1. The van der Waals surface area contributed by atoms with Crippen LogP contribution >= 0.6 is 11.3 Å². The summed E-state index contributed by atoms with van der Waals surface area (Å²) in [4.78, 5) is 30.2. The van der Waals surface area contributed by atoms with Crippen LogP contribution in [0.1, 0.15) is 24.6 Å². The number of carbonyl (C=O) groups is 1. The first kappa shape index (κ1) is 17.2. The van der Waals surface area contributed by atoms with Crippen LogP contribution in [0, 0.1) is 6.92 Å². The van der Waals surface area contributed by atoms with Gasteiger partial charge < -0.3 is 0 Å². The van der Waals surface area contributed by atoms with E-state index in [9.17, 15) is 18.0 Å². The van der Waals surface area contributed by atoms with Crippen LogP contribution in [0.2, 0.25) is 0 Å². The Balaban J connectivity index is 2.14. The van der Waals surface area contributed by atoms with Gasteiger partial charge in [0.2, 0.25) is 5.95 Å². The van der Waals surface area contributed by atoms with Gasteiger partial charge in [0.15, 0.2) is 0 Å². The zero-order valence-electron chi connectivity index (χ0n) is 12.5. The summed E-state index contributed by atoms with van der Waals surface area (Å²) >= 11 is 0.987. The molecule has 0 atom stereocenters. The van der Waals surface area contributed by atoms with E-state index < -0.39 is 16.1 Å². The SMILES string of the molecule is CCCc1c(C)nc(NC(=O)NS(=O)(=O)c2cccs2)[nH]c1=O. The number of nitrogens with one attached hydrogen (secondary N) is 3. The van der Waals surface area contributed by atoms with E-state index in [0.29, 0.717) is 17.7 Å². The Morgan fingerprint density at radius 1 is 1.43 bits per heavy atom. The quantitative estimate of drug-likeness (QED) is 0.751. The van der Waals surface area contributed by atoms with Gasteiger partial charge in [-0.3, -0.25) is 15.1 Å². The molecule has 0 aliphatic carbocycles. The Labute approximate surface area is 137 Å². The fraction of sp³-hybridized carbons (Fsp3) is 0.308. The maximum atomic E-state index is 11.9. The number of carbonyl (C=O) groups excluding carboxylic acids is 1. The molecule has 0 fully saturated rings. The number of anilines is 1. The molecule has 124 valence electrons. The number of aromatic nitrogens is 2. The first-order valence-electron chi connectivity index (χ1n) is 6.80. The van der Waals surface area contributed by atoms with Gasteiger partial charge in [0.1, 0.15) is 4.21 Å². The molecule has 0 saturated heterocycles. The third-order valence-electron chi connectivity index (χ3n) is 2.94. The zero-order chi connectivity index (χ0) is 17.0. The van der Waals surface area contributed by atoms with E-state index in [1.807, 2.05) is 11.6 Å². The van der Waals surface area contributed by atoms with Crippen molar-refractivity contribution in [2.45, 2.75) is 30.9 Å². The lowest BCUT2D eigenvalue weighted by Crippen LogP contribution is -2.35. The molecule has 23 heavy (non-hydrogen) atoms. The average Bonchev–Trinajstić information content (AvgIpc) is 2.97. The summed E-state index contributed by atoms with van der Waals surface area (Å²) in [6.45, 7) is 3.60. The van der Waals surface area contributed by atoms with E-state index in [1.165, 1.54) is 6.07 Å².